The summed E-state index contributed by atoms with van der Waals surface area (Å²) in [4.78, 5) is 75.0. The Morgan fingerprint density at radius 3 is 1.68 bits per heavy atom. The number of hydrogen-bond acceptors (Lipinski definition) is 16. The van der Waals surface area contributed by atoms with Crippen molar-refractivity contribution in [3.8, 4) is 0 Å². The van der Waals surface area contributed by atoms with Crippen LogP contribution in [0.2, 0.25) is 0 Å². The van der Waals surface area contributed by atoms with E-state index in [1.54, 1.807) is 0 Å². The van der Waals surface area contributed by atoms with Crippen LogP contribution in [-0.4, -0.2) is 145 Å². The molecule has 316 valence electrons. The molecule has 8 N–H and O–H groups in total. The van der Waals surface area contributed by atoms with Gasteiger partial charge in [0.25, 0.3) is 6.47 Å². The number of carbonyl (C=O) groups is 6. The van der Waals surface area contributed by atoms with E-state index in [1.807, 2.05) is 0 Å². The second-order valence-corrected chi connectivity index (χ2v) is 17.8. The van der Waals surface area contributed by atoms with Crippen LogP contribution >= 0.6 is 21.6 Å². The van der Waals surface area contributed by atoms with Gasteiger partial charge in [0.15, 0.2) is 0 Å². The van der Waals surface area contributed by atoms with Gasteiger partial charge in [0.1, 0.15) is 12.4 Å². The topological polar surface area (TPSA) is 304 Å². The Labute approximate surface area is 338 Å². The van der Waals surface area contributed by atoms with Gasteiger partial charge < -0.3 is 30.5 Å². The molecule has 0 bridgehead atoms. The zero-order valence-electron chi connectivity index (χ0n) is 30.8. The number of aliphatic carboxylic acids is 1. The third kappa shape index (κ3) is 22.4. The lowest BCUT2D eigenvalue weighted by Gasteiger charge is -2.26. The maximum Gasteiger partial charge on any atom is 0.317 e. The van der Waals surface area contributed by atoms with Crippen LogP contribution in [-0.2, 0) is 58.3 Å². The van der Waals surface area contributed by atoms with Crippen LogP contribution in [0.1, 0.15) is 19.3 Å². The van der Waals surface area contributed by atoms with Gasteiger partial charge in [-0.05, 0) is 55.0 Å². The summed E-state index contributed by atoms with van der Waals surface area (Å²) in [6, 6.07) is 10.1. The fourth-order valence-electron chi connectivity index (χ4n) is 4.70. The van der Waals surface area contributed by atoms with E-state index >= 15 is 0 Å². The summed E-state index contributed by atoms with van der Waals surface area (Å²) in [7, 11) is -4.86. The van der Waals surface area contributed by atoms with E-state index in [0.717, 1.165) is 0 Å². The van der Waals surface area contributed by atoms with E-state index in [4.69, 9.17) is 15.0 Å². The van der Waals surface area contributed by atoms with Crippen molar-refractivity contribution in [3.05, 3.63) is 48.5 Å². The van der Waals surface area contributed by atoms with Gasteiger partial charge in [-0.2, -0.15) is 0 Å². The maximum absolute atomic E-state index is 13.0. The van der Waals surface area contributed by atoms with Crippen LogP contribution in [0.4, 0.5) is 11.4 Å². The number of rotatable bonds is 30. The third-order valence-electron chi connectivity index (χ3n) is 7.32. The average molecular weight is 878 g/mol. The number of carboxylic acids is 1. The smallest absolute Gasteiger partial charge is 0.317 e. The summed E-state index contributed by atoms with van der Waals surface area (Å²) in [5.74, 6) is -1.57. The lowest BCUT2D eigenvalue weighted by molar-refractivity contribution is -0.139. The zero-order chi connectivity index (χ0) is 42.3. The molecule has 3 amide bonds. The molecule has 0 aromatic heterocycles. The molecular weight excluding hydrogens is 831 g/mol. The first-order chi connectivity index (χ1) is 27.0. The van der Waals surface area contributed by atoms with E-state index in [1.165, 1.54) is 79.9 Å². The summed E-state index contributed by atoms with van der Waals surface area (Å²) in [6.07, 6.45) is 0.516. The van der Waals surface area contributed by atoms with Crippen LogP contribution in [0.15, 0.2) is 58.3 Å². The van der Waals surface area contributed by atoms with Crippen molar-refractivity contribution in [1.29, 1.82) is 0 Å². The van der Waals surface area contributed by atoms with Crippen LogP contribution in [0.25, 0.3) is 0 Å². The van der Waals surface area contributed by atoms with Gasteiger partial charge >= 0.3 is 5.97 Å². The van der Waals surface area contributed by atoms with Gasteiger partial charge in [-0.1, -0.05) is 21.6 Å². The van der Waals surface area contributed by atoms with Crippen LogP contribution in [0.5, 0.6) is 0 Å². The van der Waals surface area contributed by atoms with E-state index in [0.29, 0.717) is 37.6 Å². The normalized spacial score (nSPS) is 11.6. The Hall–Kier alpha value is -4.14. The number of ether oxygens (including phenoxy) is 2. The first kappa shape index (κ1) is 49.0. The number of carbonyl (C=O) groups excluding carboxylic acids is 5. The van der Waals surface area contributed by atoms with E-state index in [-0.39, 0.29) is 85.1 Å². The van der Waals surface area contributed by atoms with Crippen molar-refractivity contribution >= 4 is 89.0 Å². The second-order valence-electron chi connectivity index (χ2n) is 12.0. The number of sulfonamides is 2. The molecule has 0 aliphatic carbocycles. The van der Waals surface area contributed by atoms with Crippen LogP contribution in [0.3, 0.4) is 0 Å². The lowest BCUT2D eigenvalue weighted by atomic mass is 10.2. The summed E-state index contributed by atoms with van der Waals surface area (Å²) >= 11 is 0. The second kappa shape index (κ2) is 26.0. The highest BCUT2D eigenvalue weighted by molar-refractivity contribution is 8.76. The number of nitrogens with one attached hydrogen (secondary N) is 3. The third-order valence-corrected chi connectivity index (χ3v) is 11.5. The van der Waals surface area contributed by atoms with Gasteiger partial charge in [-0.25, -0.2) is 27.1 Å². The van der Waals surface area contributed by atoms with E-state index in [9.17, 15) is 50.7 Å². The minimum atomic E-state index is -3.96. The highest BCUT2D eigenvalue weighted by Crippen LogP contribution is 2.19. The molecule has 2 rings (SSSR count). The van der Waals surface area contributed by atoms with Crippen LogP contribution in [0, 0.1) is 0 Å². The van der Waals surface area contributed by atoms with Gasteiger partial charge in [0.2, 0.25) is 37.8 Å². The number of hydrogen-bond donors (Lipinski definition) is 6. The number of anilines is 2. The molecule has 0 aliphatic rings. The summed E-state index contributed by atoms with van der Waals surface area (Å²) in [5, 5.41) is 27.6. The average Bonchev–Trinajstić information content (AvgIpc) is 3.12. The quantitative estimate of drug-likeness (QED) is 0.0333. The zero-order valence-corrected chi connectivity index (χ0v) is 34.1. The van der Waals surface area contributed by atoms with Gasteiger partial charge in [-0.15, -0.1) is 0 Å². The highest BCUT2D eigenvalue weighted by Gasteiger charge is 2.20. The Morgan fingerprint density at radius 2 is 1.19 bits per heavy atom. The maximum atomic E-state index is 13.0. The first-order valence-corrected chi connectivity index (χ1v) is 22.7. The molecule has 0 aliphatic heterocycles. The highest BCUT2D eigenvalue weighted by atomic mass is 33.1. The fraction of sp³-hybridized carbons (Fsp3) is 0.455. The molecule has 0 spiro atoms. The van der Waals surface area contributed by atoms with Gasteiger partial charge in [-0.3, -0.25) is 38.6 Å². The molecule has 2 aromatic carbocycles. The molecule has 0 radical (unpaired) electrons. The molecule has 24 heteroatoms. The molecule has 20 nitrogen and oxygen atoms in total. The van der Waals surface area contributed by atoms with Crippen LogP contribution < -0.4 is 26.2 Å². The minimum absolute atomic E-state index is 0.0233. The molecule has 0 saturated heterocycles. The number of amides is 3. The number of ketones is 1. The van der Waals surface area contributed by atoms with Crippen molar-refractivity contribution in [2.45, 2.75) is 29.1 Å². The van der Waals surface area contributed by atoms with Crippen molar-refractivity contribution in [3.63, 3.8) is 0 Å². The van der Waals surface area contributed by atoms with Gasteiger partial charge in [0, 0.05) is 62.0 Å². The Balaban J connectivity index is 1.93. The standard InChI is InChI=1S/C33H47N7O13S4/c34-56(48,49)28-7-3-25(4-8-28)37-31(44)21-39(20-27(42)2-1-15-52-16-11-30(43)36-12-18-54-55-19-17-53-24-41)13-14-40(23-33(46)47)22-32(45)38-26-5-9-29(10-6-26)57(35,50)51/h3-10,24H,1-2,11-23H2,(H,36,43)(H,37,44)(H,38,45)(H,46,47)(H2,34,48,49)(H2,35,50,51). The van der Waals surface area contributed by atoms with E-state index < -0.39 is 50.9 Å². The number of benzene rings is 2. The molecule has 0 unspecified atom stereocenters. The lowest BCUT2D eigenvalue weighted by Crippen LogP contribution is -2.44. The summed E-state index contributed by atoms with van der Waals surface area (Å²) in [5.41, 5.74) is 0.484. The predicted octanol–water partition coefficient (Wildman–Crippen LogP) is -0.326. The molecule has 0 atom stereocenters. The predicted molar refractivity (Wildman–Crippen MR) is 213 cm³/mol. The molecule has 2 aromatic rings. The van der Waals surface area contributed by atoms with Crippen molar-refractivity contribution in [2.24, 2.45) is 10.3 Å². The number of Topliss-reactive ketones (excluding diaryl/α,β-unsaturated/α-hetero) is 1. The number of primary sulfonamides is 2. The Morgan fingerprint density at radius 1 is 0.684 bits per heavy atom. The first-order valence-electron chi connectivity index (χ1n) is 17.1. The minimum Gasteiger partial charge on any atom is -0.480 e. The SMILES string of the molecule is NS(=O)(=O)c1ccc(NC(=O)CN(CCN(CC(=O)CCCOCCC(=O)NCCSSCCOC=O)CC(=O)Nc2ccc(S(N)(=O)=O)cc2)CC(=O)O)cc1. The largest absolute Gasteiger partial charge is 0.480 e. The van der Waals surface area contributed by atoms with Gasteiger partial charge in [0.05, 0.1) is 42.6 Å². The molecule has 0 fully saturated rings. The van der Waals surface area contributed by atoms with Crippen molar-refractivity contribution in [2.75, 3.05) is 87.8 Å². The molecule has 0 heterocycles. The molecule has 57 heavy (non-hydrogen) atoms. The van der Waals surface area contributed by atoms with E-state index in [2.05, 4.69) is 20.7 Å². The molecular formula is C33H47N7O13S4. The fourth-order valence-corrected chi connectivity index (χ4v) is 7.48. The van der Waals surface area contributed by atoms with Crippen molar-refractivity contribution in [1.82, 2.24) is 15.1 Å². The summed E-state index contributed by atoms with van der Waals surface area (Å²) < 4.78 is 56.3. The number of nitrogens with zero attached hydrogens (tertiary/aromatic N) is 2. The summed E-state index contributed by atoms with van der Waals surface area (Å²) in [6.45, 7) is -0.0980. The van der Waals surface area contributed by atoms with Crippen molar-refractivity contribution < 1.29 is 60.2 Å². The number of carboxylic acid groups (broad SMARTS) is 1. The Kier molecular flexibility index (Phi) is 22.3. The monoisotopic (exact) mass is 877 g/mol. The number of nitrogens with two attached hydrogens (primary N) is 2. The Bertz CT molecular complexity index is 1850. The molecule has 0 saturated carbocycles.